The monoisotopic (exact) mass is 354 g/mol. The fourth-order valence-corrected chi connectivity index (χ4v) is 1.42. The van der Waals surface area contributed by atoms with Gasteiger partial charge in [-0.1, -0.05) is 0 Å². The summed E-state index contributed by atoms with van der Waals surface area (Å²) in [5.74, 6) is -3.63. The highest BCUT2D eigenvalue weighted by Gasteiger charge is 2.33. The van der Waals surface area contributed by atoms with Crippen LogP contribution in [0.3, 0.4) is 0 Å². The highest BCUT2D eigenvalue weighted by Crippen LogP contribution is 2.36. The van der Waals surface area contributed by atoms with Crippen LogP contribution in [0.5, 0.6) is 5.75 Å². The summed E-state index contributed by atoms with van der Waals surface area (Å²) < 4.78 is 63.8. The minimum atomic E-state index is -5.07. The van der Waals surface area contributed by atoms with Gasteiger partial charge in [-0.2, -0.15) is 0 Å². The first-order chi connectivity index (χ1) is 6.72. The van der Waals surface area contributed by atoms with Crippen molar-refractivity contribution < 1.29 is 26.7 Å². The molecule has 84 valence electrons. The van der Waals surface area contributed by atoms with E-state index >= 15 is 0 Å². The summed E-state index contributed by atoms with van der Waals surface area (Å²) in [5.41, 5.74) is 0. The molecular weight excluding hydrogens is 355 g/mol. The molecule has 0 N–H and O–H groups in total. The second-order valence-electron chi connectivity index (χ2n) is 2.35. The predicted octanol–water partition coefficient (Wildman–Crippen LogP) is 4.39. The van der Waals surface area contributed by atoms with Crippen LogP contribution in [0.1, 0.15) is 0 Å². The summed E-state index contributed by atoms with van der Waals surface area (Å²) in [6.45, 7) is 0. The second kappa shape index (κ2) is 4.25. The second-order valence-corrected chi connectivity index (χ2v) is 3.93. The van der Waals surface area contributed by atoms with E-state index in [0.29, 0.717) is 6.07 Å². The van der Waals surface area contributed by atoms with Crippen molar-refractivity contribution in [2.24, 2.45) is 0 Å². The van der Waals surface area contributed by atoms with E-state index in [-0.39, 0.29) is 4.47 Å². The van der Waals surface area contributed by atoms with Gasteiger partial charge in [0.1, 0.15) is 5.82 Å². The standard InChI is InChI=1S/C7HBr2F5O/c8-4-2(10)1-3(6(11)5(4)9)15-7(12,13)14/h1H. The molecule has 0 aliphatic heterocycles. The van der Waals surface area contributed by atoms with Gasteiger partial charge in [0, 0.05) is 6.07 Å². The minimum Gasteiger partial charge on any atom is -0.402 e. The lowest BCUT2D eigenvalue weighted by atomic mass is 10.3. The number of ether oxygens (including phenoxy) is 1. The summed E-state index contributed by atoms with van der Waals surface area (Å²) in [6, 6.07) is 0.303. The summed E-state index contributed by atoms with van der Waals surface area (Å²) >= 11 is 5.22. The summed E-state index contributed by atoms with van der Waals surface area (Å²) in [5, 5.41) is 0. The molecule has 0 saturated heterocycles. The Labute approximate surface area is 97.5 Å². The van der Waals surface area contributed by atoms with Crippen LogP contribution in [-0.2, 0) is 0 Å². The van der Waals surface area contributed by atoms with Gasteiger partial charge in [0.05, 0.1) is 8.95 Å². The van der Waals surface area contributed by atoms with Crippen LogP contribution in [0.15, 0.2) is 15.0 Å². The minimum absolute atomic E-state index is 0.303. The van der Waals surface area contributed by atoms with E-state index in [1.807, 2.05) is 0 Å². The third kappa shape index (κ3) is 3.04. The first kappa shape index (κ1) is 12.7. The fourth-order valence-electron chi connectivity index (χ4n) is 0.750. The van der Waals surface area contributed by atoms with Crippen molar-refractivity contribution in [2.45, 2.75) is 6.36 Å². The number of halogens is 7. The van der Waals surface area contributed by atoms with Crippen molar-refractivity contribution in [3.63, 3.8) is 0 Å². The molecule has 1 aromatic carbocycles. The molecule has 1 rings (SSSR count). The Morgan fingerprint density at radius 1 is 1.07 bits per heavy atom. The molecule has 0 unspecified atom stereocenters. The van der Waals surface area contributed by atoms with E-state index in [9.17, 15) is 22.0 Å². The molecule has 0 aromatic heterocycles. The Morgan fingerprint density at radius 2 is 1.60 bits per heavy atom. The van der Waals surface area contributed by atoms with E-state index in [1.165, 1.54) is 0 Å². The lowest BCUT2D eigenvalue weighted by Crippen LogP contribution is -2.18. The zero-order valence-corrected chi connectivity index (χ0v) is 9.80. The predicted molar refractivity (Wildman–Crippen MR) is 48.4 cm³/mol. The van der Waals surface area contributed by atoms with Gasteiger partial charge < -0.3 is 4.74 Å². The molecule has 15 heavy (non-hydrogen) atoms. The third-order valence-corrected chi connectivity index (χ3v) is 3.35. The van der Waals surface area contributed by atoms with Crippen molar-refractivity contribution in [1.82, 2.24) is 0 Å². The molecule has 0 bridgehead atoms. The Hall–Kier alpha value is -0.370. The molecule has 0 aliphatic carbocycles. The SMILES string of the molecule is Fc1cc(OC(F)(F)F)c(F)c(Br)c1Br. The highest BCUT2D eigenvalue weighted by atomic mass is 79.9. The van der Waals surface area contributed by atoms with Gasteiger partial charge in [0.15, 0.2) is 11.6 Å². The molecule has 0 aliphatic rings. The maximum atomic E-state index is 13.1. The van der Waals surface area contributed by atoms with Crippen LogP contribution in [0.4, 0.5) is 22.0 Å². The quantitative estimate of drug-likeness (QED) is 0.412. The summed E-state index contributed by atoms with van der Waals surface area (Å²) in [7, 11) is 0. The number of benzene rings is 1. The van der Waals surface area contributed by atoms with Gasteiger partial charge >= 0.3 is 6.36 Å². The largest absolute Gasteiger partial charge is 0.573 e. The Morgan fingerprint density at radius 3 is 2.07 bits per heavy atom. The third-order valence-electron chi connectivity index (χ3n) is 1.29. The first-order valence-electron chi connectivity index (χ1n) is 3.31. The fraction of sp³-hybridized carbons (Fsp3) is 0.143. The van der Waals surface area contributed by atoms with Crippen LogP contribution < -0.4 is 4.74 Å². The van der Waals surface area contributed by atoms with Crippen molar-refractivity contribution in [1.29, 1.82) is 0 Å². The lowest BCUT2D eigenvalue weighted by Gasteiger charge is -2.11. The van der Waals surface area contributed by atoms with Crippen molar-refractivity contribution in [2.75, 3.05) is 0 Å². The number of alkyl halides is 3. The van der Waals surface area contributed by atoms with Crippen molar-refractivity contribution in [3.8, 4) is 5.75 Å². The van der Waals surface area contributed by atoms with Gasteiger partial charge in [-0.15, -0.1) is 13.2 Å². The van der Waals surface area contributed by atoms with E-state index < -0.39 is 28.2 Å². The first-order valence-corrected chi connectivity index (χ1v) is 4.89. The highest BCUT2D eigenvalue weighted by molar-refractivity contribution is 9.13. The van der Waals surface area contributed by atoms with E-state index in [0.717, 1.165) is 0 Å². The molecule has 8 heteroatoms. The molecule has 1 aromatic rings. The average Bonchev–Trinajstić information content (AvgIpc) is 2.08. The number of rotatable bonds is 1. The molecule has 0 fully saturated rings. The number of hydrogen-bond acceptors (Lipinski definition) is 1. The summed E-state index contributed by atoms with van der Waals surface area (Å²) in [4.78, 5) is 0. The van der Waals surface area contributed by atoms with Crippen LogP contribution in [-0.4, -0.2) is 6.36 Å². The number of hydrogen-bond donors (Lipinski definition) is 0. The molecular formula is C7HBr2F5O. The van der Waals surface area contributed by atoms with E-state index in [1.54, 1.807) is 0 Å². The van der Waals surface area contributed by atoms with Crippen molar-refractivity contribution in [3.05, 3.63) is 26.6 Å². The smallest absolute Gasteiger partial charge is 0.402 e. The van der Waals surface area contributed by atoms with Gasteiger partial charge in [-0.05, 0) is 31.9 Å². The normalized spacial score (nSPS) is 11.7. The van der Waals surface area contributed by atoms with Crippen LogP contribution in [0, 0.1) is 11.6 Å². The van der Waals surface area contributed by atoms with Gasteiger partial charge in [0.2, 0.25) is 0 Å². The molecule has 0 amide bonds. The molecule has 0 atom stereocenters. The topological polar surface area (TPSA) is 9.23 Å². The van der Waals surface area contributed by atoms with Gasteiger partial charge in [-0.3, -0.25) is 0 Å². The Bertz CT molecular complexity index is 390. The lowest BCUT2D eigenvalue weighted by molar-refractivity contribution is -0.275. The van der Waals surface area contributed by atoms with E-state index in [2.05, 4.69) is 36.6 Å². The average molecular weight is 356 g/mol. The van der Waals surface area contributed by atoms with Crippen LogP contribution in [0.2, 0.25) is 0 Å². The molecule has 0 spiro atoms. The van der Waals surface area contributed by atoms with Gasteiger partial charge in [-0.25, -0.2) is 8.78 Å². The maximum Gasteiger partial charge on any atom is 0.573 e. The van der Waals surface area contributed by atoms with Crippen molar-refractivity contribution >= 4 is 31.9 Å². The molecule has 0 heterocycles. The van der Waals surface area contributed by atoms with Gasteiger partial charge in [0.25, 0.3) is 0 Å². The van der Waals surface area contributed by atoms with Crippen LogP contribution >= 0.6 is 31.9 Å². The van der Waals surface area contributed by atoms with E-state index in [4.69, 9.17) is 0 Å². The zero-order valence-electron chi connectivity index (χ0n) is 6.63. The molecule has 0 radical (unpaired) electrons. The van der Waals surface area contributed by atoms with Crippen LogP contribution in [0.25, 0.3) is 0 Å². The summed E-state index contributed by atoms with van der Waals surface area (Å²) in [6.07, 6.45) is -5.07. The Kier molecular flexibility index (Phi) is 3.59. The molecule has 0 saturated carbocycles. The zero-order chi connectivity index (χ0) is 11.8. The molecule has 1 nitrogen and oxygen atoms in total. The maximum absolute atomic E-state index is 13.1. The Balaban J connectivity index is 3.21.